The van der Waals surface area contributed by atoms with E-state index in [1.165, 1.54) is 45.3 Å². The molecule has 0 aromatic rings. The van der Waals surface area contributed by atoms with Crippen LogP contribution in [-0.2, 0) is 0 Å². The van der Waals surface area contributed by atoms with Gasteiger partial charge in [0, 0.05) is 46.3 Å². The fraction of sp³-hybridized carbons (Fsp3) is 0.944. The number of rotatable bonds is 6. The smallest absolute Gasteiger partial charge is 0.193 e. The second-order valence-electron chi connectivity index (χ2n) is 7.95. The Hall–Kier alpha value is -0.770. The van der Waals surface area contributed by atoms with Gasteiger partial charge in [0.15, 0.2) is 5.96 Å². The van der Waals surface area contributed by atoms with Crippen molar-refractivity contribution in [1.82, 2.24) is 15.1 Å². The first-order chi connectivity index (χ1) is 10.7. The summed E-state index contributed by atoms with van der Waals surface area (Å²) in [6.07, 6.45) is 5.87. The average Bonchev–Trinajstić information content (AvgIpc) is 3.38. The van der Waals surface area contributed by atoms with E-state index in [0.29, 0.717) is 0 Å². The maximum absolute atomic E-state index is 4.54. The van der Waals surface area contributed by atoms with Crippen LogP contribution in [0.15, 0.2) is 4.99 Å². The zero-order valence-corrected chi connectivity index (χ0v) is 14.7. The summed E-state index contributed by atoms with van der Waals surface area (Å²) in [6, 6.07) is 0. The van der Waals surface area contributed by atoms with E-state index in [1.807, 2.05) is 7.05 Å². The molecule has 2 aliphatic carbocycles. The van der Waals surface area contributed by atoms with Crippen LogP contribution < -0.4 is 5.32 Å². The van der Waals surface area contributed by atoms with E-state index < -0.39 is 0 Å². The maximum atomic E-state index is 4.54. The Kier molecular flexibility index (Phi) is 5.27. The molecule has 0 spiro atoms. The second kappa shape index (κ2) is 7.20. The van der Waals surface area contributed by atoms with Gasteiger partial charge >= 0.3 is 0 Å². The molecule has 0 amide bonds. The molecule has 3 fully saturated rings. The van der Waals surface area contributed by atoms with Crippen LogP contribution in [0, 0.1) is 23.7 Å². The number of piperazine rings is 1. The fourth-order valence-electron chi connectivity index (χ4n) is 3.97. The standard InChI is InChI=1S/C18H34N4/c1-14(2)13-21-8-10-22(11-9-21)18(19-3)20-12-17(15-4-5-15)16-6-7-16/h14-17H,4-13H2,1-3H3,(H,19,20). The first kappa shape index (κ1) is 16.1. The Bertz CT molecular complexity index is 365. The molecule has 22 heavy (non-hydrogen) atoms. The largest absolute Gasteiger partial charge is 0.356 e. The van der Waals surface area contributed by atoms with Gasteiger partial charge in [-0.05, 0) is 49.4 Å². The average molecular weight is 306 g/mol. The molecule has 1 N–H and O–H groups in total. The summed E-state index contributed by atoms with van der Waals surface area (Å²) in [5.41, 5.74) is 0. The zero-order chi connectivity index (χ0) is 15.5. The molecule has 1 saturated heterocycles. The Labute approximate surface area is 136 Å². The van der Waals surface area contributed by atoms with E-state index in [4.69, 9.17) is 0 Å². The predicted molar refractivity (Wildman–Crippen MR) is 93.2 cm³/mol. The van der Waals surface area contributed by atoms with Gasteiger partial charge in [-0.25, -0.2) is 0 Å². The molecule has 0 radical (unpaired) electrons. The molecular formula is C18H34N4. The van der Waals surface area contributed by atoms with Gasteiger partial charge < -0.3 is 10.2 Å². The predicted octanol–water partition coefficient (Wildman–Crippen LogP) is 2.27. The van der Waals surface area contributed by atoms with Crippen LogP contribution >= 0.6 is 0 Å². The van der Waals surface area contributed by atoms with Crippen molar-refractivity contribution in [1.29, 1.82) is 0 Å². The minimum atomic E-state index is 0.766. The van der Waals surface area contributed by atoms with Crippen LogP contribution in [-0.4, -0.2) is 62.1 Å². The van der Waals surface area contributed by atoms with Gasteiger partial charge in [0.1, 0.15) is 0 Å². The lowest BCUT2D eigenvalue weighted by Gasteiger charge is -2.37. The highest BCUT2D eigenvalue weighted by Gasteiger charge is 2.41. The first-order valence-electron chi connectivity index (χ1n) is 9.35. The third kappa shape index (κ3) is 4.37. The van der Waals surface area contributed by atoms with E-state index in [0.717, 1.165) is 49.3 Å². The summed E-state index contributed by atoms with van der Waals surface area (Å²) < 4.78 is 0. The molecule has 3 aliphatic rings. The van der Waals surface area contributed by atoms with E-state index in [1.54, 1.807) is 0 Å². The normalized spacial score (nSPS) is 24.4. The fourth-order valence-corrected chi connectivity index (χ4v) is 3.97. The highest BCUT2D eigenvalue weighted by molar-refractivity contribution is 5.80. The van der Waals surface area contributed by atoms with Crippen molar-refractivity contribution in [3.63, 3.8) is 0 Å². The molecule has 126 valence electrons. The van der Waals surface area contributed by atoms with Crippen molar-refractivity contribution >= 4 is 5.96 Å². The van der Waals surface area contributed by atoms with E-state index in [2.05, 4.69) is 34.0 Å². The molecule has 1 aliphatic heterocycles. The zero-order valence-electron chi connectivity index (χ0n) is 14.7. The molecule has 4 nitrogen and oxygen atoms in total. The molecule has 0 atom stereocenters. The molecule has 0 aromatic heterocycles. The van der Waals surface area contributed by atoms with Gasteiger partial charge in [0.25, 0.3) is 0 Å². The molecule has 1 heterocycles. The molecule has 0 aromatic carbocycles. The highest BCUT2D eigenvalue weighted by Crippen LogP contribution is 2.48. The summed E-state index contributed by atoms with van der Waals surface area (Å²) in [6.45, 7) is 11.6. The van der Waals surface area contributed by atoms with Gasteiger partial charge in [-0.2, -0.15) is 0 Å². The number of aliphatic imine (C=N–C) groups is 1. The third-order valence-electron chi connectivity index (χ3n) is 5.46. The molecule has 4 heteroatoms. The Morgan fingerprint density at radius 3 is 2.09 bits per heavy atom. The van der Waals surface area contributed by atoms with Gasteiger partial charge in [0.05, 0.1) is 0 Å². The summed E-state index contributed by atoms with van der Waals surface area (Å²) in [5, 5.41) is 3.69. The lowest BCUT2D eigenvalue weighted by atomic mass is 9.98. The monoisotopic (exact) mass is 306 g/mol. The minimum absolute atomic E-state index is 0.766. The topological polar surface area (TPSA) is 30.9 Å². The Morgan fingerprint density at radius 2 is 1.64 bits per heavy atom. The summed E-state index contributed by atoms with van der Waals surface area (Å²) in [4.78, 5) is 9.58. The quantitative estimate of drug-likeness (QED) is 0.603. The van der Waals surface area contributed by atoms with Crippen LogP contribution in [0.4, 0.5) is 0 Å². The van der Waals surface area contributed by atoms with Gasteiger partial charge in [-0.3, -0.25) is 9.89 Å². The number of hydrogen-bond donors (Lipinski definition) is 1. The van der Waals surface area contributed by atoms with Crippen molar-refractivity contribution in [2.45, 2.75) is 39.5 Å². The van der Waals surface area contributed by atoms with Crippen LogP contribution in [0.5, 0.6) is 0 Å². The maximum Gasteiger partial charge on any atom is 0.193 e. The van der Waals surface area contributed by atoms with Crippen LogP contribution in [0.3, 0.4) is 0 Å². The molecule has 3 rings (SSSR count). The van der Waals surface area contributed by atoms with Gasteiger partial charge in [-0.1, -0.05) is 13.8 Å². The number of nitrogens with zero attached hydrogens (tertiary/aromatic N) is 3. The first-order valence-corrected chi connectivity index (χ1v) is 9.35. The lowest BCUT2D eigenvalue weighted by molar-refractivity contribution is 0.163. The Balaban J connectivity index is 1.44. The Morgan fingerprint density at radius 1 is 1.05 bits per heavy atom. The lowest BCUT2D eigenvalue weighted by Crippen LogP contribution is -2.53. The summed E-state index contributed by atoms with van der Waals surface area (Å²) >= 11 is 0. The molecule has 0 unspecified atom stereocenters. The number of nitrogens with one attached hydrogen (secondary N) is 1. The van der Waals surface area contributed by atoms with Crippen molar-refractivity contribution < 1.29 is 0 Å². The number of hydrogen-bond acceptors (Lipinski definition) is 2. The van der Waals surface area contributed by atoms with Crippen LogP contribution in [0.2, 0.25) is 0 Å². The van der Waals surface area contributed by atoms with Gasteiger partial charge in [-0.15, -0.1) is 0 Å². The minimum Gasteiger partial charge on any atom is -0.356 e. The SMILES string of the molecule is CN=C(NCC(C1CC1)C1CC1)N1CCN(CC(C)C)CC1. The van der Waals surface area contributed by atoms with Gasteiger partial charge in [0.2, 0.25) is 0 Å². The molecule has 0 bridgehead atoms. The number of guanidine groups is 1. The highest BCUT2D eigenvalue weighted by atomic mass is 15.3. The second-order valence-corrected chi connectivity index (χ2v) is 7.95. The van der Waals surface area contributed by atoms with Crippen molar-refractivity contribution in [3.8, 4) is 0 Å². The van der Waals surface area contributed by atoms with Crippen LogP contribution in [0.25, 0.3) is 0 Å². The summed E-state index contributed by atoms with van der Waals surface area (Å²) in [5.74, 6) is 4.85. The van der Waals surface area contributed by atoms with E-state index in [-0.39, 0.29) is 0 Å². The molecule has 2 saturated carbocycles. The van der Waals surface area contributed by atoms with E-state index >= 15 is 0 Å². The van der Waals surface area contributed by atoms with Crippen LogP contribution in [0.1, 0.15) is 39.5 Å². The molecular weight excluding hydrogens is 272 g/mol. The van der Waals surface area contributed by atoms with Crippen molar-refractivity contribution in [2.24, 2.45) is 28.7 Å². The van der Waals surface area contributed by atoms with E-state index in [9.17, 15) is 0 Å². The van der Waals surface area contributed by atoms with Crippen molar-refractivity contribution in [2.75, 3.05) is 46.3 Å². The third-order valence-corrected chi connectivity index (χ3v) is 5.46. The van der Waals surface area contributed by atoms with Crippen molar-refractivity contribution in [3.05, 3.63) is 0 Å². The summed E-state index contributed by atoms with van der Waals surface area (Å²) in [7, 11) is 1.94.